The Morgan fingerprint density at radius 3 is 1.43 bits per heavy atom. The van der Waals surface area contributed by atoms with Crippen LogP contribution in [-0.2, 0) is 43.3 Å². The first-order chi connectivity index (χ1) is 39.1. The fourth-order valence-corrected chi connectivity index (χ4v) is 16.4. The third-order valence-corrected chi connectivity index (χ3v) is 21.1. The van der Waals surface area contributed by atoms with E-state index in [1.807, 2.05) is 0 Å². The van der Waals surface area contributed by atoms with Crippen LogP contribution in [0.1, 0.15) is 212 Å². The molecule has 0 fully saturated rings. The summed E-state index contributed by atoms with van der Waals surface area (Å²) in [6.45, 7) is 50.4. The highest BCUT2D eigenvalue weighted by molar-refractivity contribution is 7.00. The molecule has 3 aliphatic carbocycles. The predicted octanol–water partition coefficient (Wildman–Crippen LogP) is 20.4. The van der Waals surface area contributed by atoms with E-state index < -0.39 is 0 Å². The van der Waals surface area contributed by atoms with Crippen LogP contribution in [0.4, 0.5) is 51.2 Å². The van der Waals surface area contributed by atoms with Crippen molar-refractivity contribution in [2.45, 2.75) is 208 Å². The number of nitrogens with zero attached hydrogens (tertiary/aromatic N) is 3. The molecule has 8 aromatic carbocycles. The molecule has 8 aromatic rings. The molecule has 3 nitrogen and oxygen atoms in total. The minimum absolute atomic E-state index is 0.00340. The molecular formula is C80H92BN3. The van der Waals surface area contributed by atoms with Crippen LogP contribution in [-0.4, -0.2) is 6.71 Å². The van der Waals surface area contributed by atoms with Gasteiger partial charge >= 0.3 is 0 Å². The van der Waals surface area contributed by atoms with Gasteiger partial charge in [0, 0.05) is 50.9 Å². The van der Waals surface area contributed by atoms with Gasteiger partial charge in [0.15, 0.2) is 0 Å². The third-order valence-electron chi connectivity index (χ3n) is 21.1. The Hall–Kier alpha value is -6.78. The standard InChI is InChI=1S/C80H92BN3/c1-48-39-69-72-70(40-48)84(66-45-61-59(41-49(66)2)76(12,13)37-38-77(61,14)15)68-46-62-60(78(16,17)47-79(62,18)19)44-64(68)81(72)63-36-34-55(82(53-30-25-50(26-31-53)73(3,4)5)54-32-27-51(28-33-54)74(6,7)8)43-67(63)83(69)65-24-22-23-57-56-35-29-52(75(9,10)11)42-58(56)80(20,21)71(57)65/h22-36,39-46H,37-38,47H2,1-21H3. The van der Waals surface area contributed by atoms with Crippen LogP contribution in [0.5, 0.6) is 0 Å². The van der Waals surface area contributed by atoms with Crippen LogP contribution in [0.3, 0.4) is 0 Å². The fraction of sp³-hybridized carbons (Fsp3) is 0.400. The molecule has 430 valence electrons. The molecule has 13 rings (SSSR count). The van der Waals surface area contributed by atoms with Crippen LogP contribution >= 0.6 is 0 Å². The van der Waals surface area contributed by atoms with Gasteiger partial charge in [-0.25, -0.2) is 0 Å². The topological polar surface area (TPSA) is 9.72 Å². The lowest BCUT2D eigenvalue weighted by Gasteiger charge is -2.47. The smallest absolute Gasteiger partial charge is 0.252 e. The van der Waals surface area contributed by atoms with Crippen LogP contribution < -0.4 is 31.1 Å². The van der Waals surface area contributed by atoms with Gasteiger partial charge < -0.3 is 14.7 Å². The summed E-state index contributed by atoms with van der Waals surface area (Å²) < 4.78 is 0. The van der Waals surface area contributed by atoms with Gasteiger partial charge in [0.1, 0.15) is 0 Å². The van der Waals surface area contributed by atoms with E-state index in [-0.39, 0.29) is 50.0 Å². The zero-order chi connectivity index (χ0) is 60.1. The van der Waals surface area contributed by atoms with Crippen molar-refractivity contribution in [1.82, 2.24) is 0 Å². The van der Waals surface area contributed by atoms with Gasteiger partial charge in [0.2, 0.25) is 0 Å². The summed E-state index contributed by atoms with van der Waals surface area (Å²) in [6.07, 6.45) is 3.46. The lowest BCUT2D eigenvalue weighted by molar-refractivity contribution is 0.332. The van der Waals surface area contributed by atoms with E-state index in [9.17, 15) is 0 Å². The number of hydrogen-bond donors (Lipinski definition) is 0. The molecule has 0 N–H and O–H groups in total. The zero-order valence-corrected chi connectivity index (χ0v) is 54.8. The minimum atomic E-state index is -0.297. The molecule has 4 heteroatoms. The summed E-state index contributed by atoms with van der Waals surface area (Å²) >= 11 is 0. The van der Waals surface area contributed by atoms with E-state index in [4.69, 9.17) is 0 Å². The molecule has 0 saturated heterocycles. The normalized spacial score (nSPS) is 18.1. The van der Waals surface area contributed by atoms with Crippen molar-refractivity contribution in [2.75, 3.05) is 14.7 Å². The minimum Gasteiger partial charge on any atom is -0.311 e. The fourth-order valence-electron chi connectivity index (χ4n) is 16.4. The lowest BCUT2D eigenvalue weighted by Crippen LogP contribution is -2.61. The quantitative estimate of drug-likeness (QED) is 0.159. The van der Waals surface area contributed by atoms with Crippen LogP contribution in [0.15, 0.2) is 140 Å². The molecule has 2 heterocycles. The van der Waals surface area contributed by atoms with Crippen molar-refractivity contribution in [2.24, 2.45) is 0 Å². The van der Waals surface area contributed by atoms with Crippen molar-refractivity contribution in [3.8, 4) is 11.1 Å². The number of hydrogen-bond acceptors (Lipinski definition) is 3. The summed E-state index contributed by atoms with van der Waals surface area (Å²) in [5.41, 5.74) is 33.2. The maximum atomic E-state index is 2.75. The Balaban J connectivity index is 1.13. The van der Waals surface area contributed by atoms with Crippen molar-refractivity contribution in [1.29, 1.82) is 0 Å². The Labute approximate surface area is 506 Å². The predicted molar refractivity (Wildman–Crippen MR) is 364 cm³/mol. The average molecular weight is 1110 g/mol. The first-order valence-corrected chi connectivity index (χ1v) is 31.6. The number of rotatable bonds is 5. The van der Waals surface area contributed by atoms with Gasteiger partial charge in [-0.3, -0.25) is 0 Å². The third kappa shape index (κ3) is 8.55. The Bertz CT molecular complexity index is 3990. The Morgan fingerprint density at radius 2 is 0.869 bits per heavy atom. The number of aryl methyl sites for hydroxylation is 2. The van der Waals surface area contributed by atoms with Gasteiger partial charge in [0.05, 0.1) is 5.69 Å². The molecule has 0 spiro atoms. The summed E-state index contributed by atoms with van der Waals surface area (Å²) in [6, 6.07) is 56.4. The summed E-state index contributed by atoms with van der Waals surface area (Å²) in [5, 5.41) is 0. The van der Waals surface area contributed by atoms with Gasteiger partial charge in [-0.05, 0) is 226 Å². The summed E-state index contributed by atoms with van der Waals surface area (Å²) in [4.78, 5) is 7.99. The number of benzene rings is 8. The Morgan fingerprint density at radius 1 is 0.393 bits per heavy atom. The zero-order valence-electron chi connectivity index (χ0n) is 54.8. The summed E-state index contributed by atoms with van der Waals surface area (Å²) in [7, 11) is 0. The van der Waals surface area contributed by atoms with Gasteiger partial charge in [0.25, 0.3) is 6.71 Å². The van der Waals surface area contributed by atoms with E-state index in [0.29, 0.717) is 0 Å². The van der Waals surface area contributed by atoms with E-state index in [2.05, 4.69) is 300 Å². The first-order valence-electron chi connectivity index (χ1n) is 31.6. The molecule has 0 radical (unpaired) electrons. The number of anilines is 9. The molecule has 0 saturated carbocycles. The number of fused-ring (bicyclic) bond motifs is 9. The van der Waals surface area contributed by atoms with E-state index in [1.165, 1.54) is 136 Å². The second-order valence-corrected chi connectivity index (χ2v) is 32.7. The van der Waals surface area contributed by atoms with E-state index in [1.54, 1.807) is 0 Å². The largest absolute Gasteiger partial charge is 0.311 e. The molecule has 0 amide bonds. The highest BCUT2D eigenvalue weighted by atomic mass is 15.2. The van der Waals surface area contributed by atoms with Crippen molar-refractivity contribution >= 4 is 74.3 Å². The maximum absolute atomic E-state index is 2.75. The Kier molecular flexibility index (Phi) is 12.2. The SMILES string of the molecule is Cc1cc2c3c(c1)N(c1cccc4c1C(C)(C)c1cc(C(C)(C)C)ccc1-4)c1cc(N(c4ccc(C(C)(C)C)cc4)c4ccc(C(C)(C)C)cc4)ccc1B3c1cc3c(cc1N2c1cc2c(cc1C)C(C)(C)CCC2(C)C)C(C)(C)CC3(C)C. The van der Waals surface area contributed by atoms with E-state index in [0.717, 1.165) is 23.5 Å². The molecule has 2 aliphatic heterocycles. The molecule has 0 aromatic heterocycles. The van der Waals surface area contributed by atoms with Gasteiger partial charge in [-0.2, -0.15) is 0 Å². The summed E-state index contributed by atoms with van der Waals surface area (Å²) in [5.74, 6) is 0. The second kappa shape index (κ2) is 18.1. The molecule has 5 aliphatic rings. The average Bonchev–Trinajstić information content (AvgIpc) is 1.12. The first kappa shape index (κ1) is 56.4. The van der Waals surface area contributed by atoms with Crippen LogP contribution in [0.25, 0.3) is 11.1 Å². The van der Waals surface area contributed by atoms with Gasteiger partial charge in [-0.15, -0.1) is 0 Å². The molecular weight excluding hydrogens is 1010 g/mol. The van der Waals surface area contributed by atoms with Crippen molar-refractivity contribution in [3.05, 3.63) is 201 Å². The van der Waals surface area contributed by atoms with Crippen LogP contribution in [0.2, 0.25) is 0 Å². The molecule has 0 unspecified atom stereocenters. The van der Waals surface area contributed by atoms with Gasteiger partial charge in [-0.1, -0.05) is 204 Å². The molecule has 0 bridgehead atoms. The van der Waals surface area contributed by atoms with Crippen molar-refractivity contribution < 1.29 is 0 Å². The highest BCUT2D eigenvalue weighted by Gasteiger charge is 2.50. The second-order valence-electron chi connectivity index (χ2n) is 32.7. The highest BCUT2D eigenvalue weighted by Crippen LogP contribution is 2.58. The molecule has 0 atom stereocenters. The lowest BCUT2D eigenvalue weighted by atomic mass is 9.33. The molecule has 84 heavy (non-hydrogen) atoms. The monoisotopic (exact) mass is 1110 g/mol. The van der Waals surface area contributed by atoms with E-state index >= 15 is 0 Å². The van der Waals surface area contributed by atoms with Crippen LogP contribution in [0, 0.1) is 13.8 Å². The van der Waals surface area contributed by atoms with Crippen molar-refractivity contribution in [3.63, 3.8) is 0 Å². The maximum Gasteiger partial charge on any atom is 0.252 e.